The average molecular weight is 376 g/mol. The molecule has 0 bridgehead atoms. The monoisotopic (exact) mass is 376 g/mol. The van der Waals surface area contributed by atoms with Crippen LogP contribution in [0.25, 0.3) is 11.1 Å². The molecule has 0 aliphatic rings. The minimum Gasteiger partial charge on any atom is -0.431 e. The van der Waals surface area contributed by atoms with Crippen molar-refractivity contribution in [3.05, 3.63) is 83.2 Å². The largest absolute Gasteiger partial charge is 0.431 e. The Morgan fingerprint density at radius 3 is 2.59 bits per heavy atom. The van der Waals surface area contributed by atoms with Crippen LogP contribution in [0.5, 0.6) is 0 Å². The summed E-state index contributed by atoms with van der Waals surface area (Å²) in [5, 5.41) is 0.530. The minimum atomic E-state index is 0.0923. The lowest BCUT2D eigenvalue weighted by Crippen LogP contribution is -2.07. The van der Waals surface area contributed by atoms with E-state index in [0.717, 1.165) is 34.6 Å². The molecule has 0 radical (unpaired) electrons. The van der Waals surface area contributed by atoms with Crippen molar-refractivity contribution in [3.8, 4) is 0 Å². The molecule has 0 amide bonds. The van der Waals surface area contributed by atoms with Gasteiger partial charge in [0.15, 0.2) is 11.4 Å². The van der Waals surface area contributed by atoms with Crippen LogP contribution in [0.2, 0.25) is 0 Å². The molecule has 0 N–H and O–H groups in total. The highest BCUT2D eigenvalue weighted by Crippen LogP contribution is 2.25. The lowest BCUT2D eigenvalue weighted by molar-refractivity contribution is 0.102. The Morgan fingerprint density at radius 1 is 1.07 bits per heavy atom. The lowest BCUT2D eigenvalue weighted by atomic mass is 10.2. The Labute approximate surface area is 162 Å². The number of aromatic nitrogens is 2. The van der Waals surface area contributed by atoms with Crippen LogP contribution in [0, 0.1) is 13.8 Å². The molecule has 2 aromatic heterocycles. The number of fused-ring (bicyclic) bond motifs is 1. The number of ketones is 1. The second kappa shape index (κ2) is 7.45. The minimum absolute atomic E-state index is 0.0923. The molecular formula is C22H20N2O2S. The van der Waals surface area contributed by atoms with Gasteiger partial charge in [0.2, 0.25) is 0 Å². The fourth-order valence-corrected chi connectivity index (χ4v) is 3.93. The summed E-state index contributed by atoms with van der Waals surface area (Å²) in [6.07, 6.45) is 0. The van der Waals surface area contributed by atoms with Gasteiger partial charge < -0.3 is 8.98 Å². The molecule has 0 saturated heterocycles. The number of thioether (sulfide) groups is 1. The first-order valence-corrected chi connectivity index (χ1v) is 9.82. The third-order valence-electron chi connectivity index (χ3n) is 4.66. The van der Waals surface area contributed by atoms with Crippen molar-refractivity contribution in [2.24, 2.45) is 0 Å². The predicted molar refractivity (Wildman–Crippen MR) is 109 cm³/mol. The van der Waals surface area contributed by atoms with Gasteiger partial charge in [0.05, 0.1) is 5.75 Å². The molecule has 0 aliphatic heterocycles. The Balaban J connectivity index is 1.49. The second-order valence-electron chi connectivity index (χ2n) is 6.52. The number of carbonyl (C=O) groups excluding carboxylic acids is 1. The number of aryl methyl sites for hydroxylation is 1. The van der Waals surface area contributed by atoms with Crippen molar-refractivity contribution in [2.45, 2.75) is 25.6 Å². The number of oxazole rings is 1. The van der Waals surface area contributed by atoms with Crippen molar-refractivity contribution < 1.29 is 9.21 Å². The van der Waals surface area contributed by atoms with Crippen molar-refractivity contribution in [1.82, 2.24) is 9.55 Å². The Kier molecular flexibility index (Phi) is 4.86. The van der Waals surface area contributed by atoms with Crippen LogP contribution in [0.3, 0.4) is 0 Å². The maximum absolute atomic E-state index is 12.8. The third kappa shape index (κ3) is 3.69. The Morgan fingerprint density at radius 2 is 1.81 bits per heavy atom. The van der Waals surface area contributed by atoms with E-state index in [2.05, 4.69) is 21.7 Å². The molecule has 0 aliphatic carbocycles. The first-order valence-electron chi connectivity index (χ1n) is 8.84. The third-order valence-corrected chi connectivity index (χ3v) is 5.49. The summed E-state index contributed by atoms with van der Waals surface area (Å²) < 4.78 is 7.87. The molecule has 4 nitrogen and oxygen atoms in total. The van der Waals surface area contributed by atoms with Gasteiger partial charge in [-0.2, -0.15) is 0 Å². The fraction of sp³-hybridized carbons (Fsp3) is 0.182. The number of nitrogens with zero attached hydrogens (tertiary/aromatic N) is 2. The zero-order valence-corrected chi connectivity index (χ0v) is 16.1. The van der Waals surface area contributed by atoms with Crippen LogP contribution >= 0.6 is 11.8 Å². The zero-order chi connectivity index (χ0) is 18.8. The van der Waals surface area contributed by atoms with Crippen LogP contribution in [0.1, 0.15) is 27.3 Å². The molecular weight excluding hydrogens is 356 g/mol. The van der Waals surface area contributed by atoms with Gasteiger partial charge in [-0.15, -0.1) is 0 Å². The first-order chi connectivity index (χ1) is 13.1. The highest BCUT2D eigenvalue weighted by atomic mass is 32.2. The molecule has 0 atom stereocenters. The van der Waals surface area contributed by atoms with Gasteiger partial charge in [0.1, 0.15) is 5.52 Å². The summed E-state index contributed by atoms with van der Waals surface area (Å²) >= 11 is 1.34. The van der Waals surface area contributed by atoms with E-state index in [-0.39, 0.29) is 5.78 Å². The summed E-state index contributed by atoms with van der Waals surface area (Å²) in [6, 6.07) is 19.9. The Hall–Kier alpha value is -2.79. The quantitative estimate of drug-likeness (QED) is 0.340. The van der Waals surface area contributed by atoms with E-state index in [1.54, 1.807) is 0 Å². The molecule has 4 rings (SSSR count). The maximum atomic E-state index is 12.8. The molecule has 4 aromatic rings. The highest BCUT2D eigenvalue weighted by molar-refractivity contribution is 7.99. The SMILES string of the molecule is Cc1cc(C(=O)CSc2nc3ccccc3o2)c(C)n1Cc1ccccc1. The van der Waals surface area contributed by atoms with E-state index in [4.69, 9.17) is 4.42 Å². The summed E-state index contributed by atoms with van der Waals surface area (Å²) in [7, 11) is 0. The number of rotatable bonds is 6. The maximum Gasteiger partial charge on any atom is 0.257 e. The molecule has 0 spiro atoms. The van der Waals surface area contributed by atoms with E-state index in [1.165, 1.54) is 17.3 Å². The van der Waals surface area contributed by atoms with Gasteiger partial charge in [0.25, 0.3) is 5.22 Å². The van der Waals surface area contributed by atoms with Crippen LogP contribution in [-0.4, -0.2) is 21.1 Å². The first kappa shape index (κ1) is 17.6. The zero-order valence-electron chi connectivity index (χ0n) is 15.3. The molecule has 136 valence electrons. The standard InChI is InChI=1S/C22H20N2O2S/c1-15-12-18(16(2)24(15)13-17-8-4-3-5-9-17)20(25)14-27-22-23-19-10-6-7-11-21(19)26-22/h3-12H,13-14H2,1-2H3. The number of Topliss-reactive ketones (excluding diaryl/α,β-unsaturated/α-hetero) is 1. The summed E-state index contributed by atoms with van der Waals surface area (Å²) in [6.45, 7) is 4.82. The summed E-state index contributed by atoms with van der Waals surface area (Å²) in [4.78, 5) is 17.2. The van der Waals surface area contributed by atoms with Crippen molar-refractivity contribution in [1.29, 1.82) is 0 Å². The molecule has 2 heterocycles. The molecule has 5 heteroatoms. The predicted octanol–water partition coefficient (Wildman–Crippen LogP) is 5.27. The smallest absolute Gasteiger partial charge is 0.257 e. The van der Waals surface area contributed by atoms with Gasteiger partial charge in [-0.3, -0.25) is 4.79 Å². The molecule has 27 heavy (non-hydrogen) atoms. The number of hydrogen-bond donors (Lipinski definition) is 0. The van der Waals surface area contributed by atoms with Crippen LogP contribution in [-0.2, 0) is 6.54 Å². The van der Waals surface area contributed by atoms with Gasteiger partial charge >= 0.3 is 0 Å². The fourth-order valence-electron chi connectivity index (χ4n) is 3.21. The van der Waals surface area contributed by atoms with Crippen LogP contribution in [0.4, 0.5) is 0 Å². The highest BCUT2D eigenvalue weighted by Gasteiger charge is 2.17. The Bertz CT molecular complexity index is 1060. The van der Waals surface area contributed by atoms with E-state index in [1.807, 2.05) is 62.4 Å². The van der Waals surface area contributed by atoms with Crippen LogP contribution in [0.15, 0.2) is 70.3 Å². The van der Waals surface area contributed by atoms with Crippen molar-refractivity contribution in [2.75, 3.05) is 5.75 Å². The van der Waals surface area contributed by atoms with E-state index < -0.39 is 0 Å². The van der Waals surface area contributed by atoms with Gasteiger partial charge in [-0.1, -0.05) is 54.2 Å². The van der Waals surface area contributed by atoms with E-state index in [9.17, 15) is 4.79 Å². The van der Waals surface area contributed by atoms with Gasteiger partial charge in [-0.25, -0.2) is 4.98 Å². The van der Waals surface area contributed by atoms with E-state index >= 15 is 0 Å². The molecule has 2 aromatic carbocycles. The van der Waals surface area contributed by atoms with Crippen molar-refractivity contribution in [3.63, 3.8) is 0 Å². The molecule has 0 fully saturated rings. The number of carbonyl (C=O) groups is 1. The summed E-state index contributed by atoms with van der Waals surface area (Å²) in [5.41, 5.74) is 5.64. The van der Waals surface area contributed by atoms with Gasteiger partial charge in [0, 0.05) is 23.5 Å². The van der Waals surface area contributed by atoms with Crippen molar-refractivity contribution >= 4 is 28.6 Å². The van der Waals surface area contributed by atoms with Gasteiger partial charge in [-0.05, 0) is 37.6 Å². The van der Waals surface area contributed by atoms with Crippen LogP contribution < -0.4 is 0 Å². The number of benzene rings is 2. The van der Waals surface area contributed by atoms with E-state index in [0.29, 0.717) is 11.0 Å². The number of hydrogen-bond acceptors (Lipinski definition) is 4. The lowest BCUT2D eigenvalue weighted by Gasteiger charge is -2.09. The topological polar surface area (TPSA) is 48.0 Å². The molecule has 0 unspecified atom stereocenters. The number of para-hydroxylation sites is 2. The normalized spacial score (nSPS) is 11.2. The molecule has 0 saturated carbocycles. The average Bonchev–Trinajstić information content (AvgIpc) is 3.22. The summed E-state index contributed by atoms with van der Waals surface area (Å²) in [5.74, 6) is 0.400. The second-order valence-corrected chi connectivity index (χ2v) is 7.44.